The first kappa shape index (κ1) is 17.2. The average molecular weight is 399 g/mol. The number of H-pyrrole nitrogens is 1. The van der Waals surface area contributed by atoms with Gasteiger partial charge in [0.25, 0.3) is 0 Å². The van der Waals surface area contributed by atoms with Gasteiger partial charge in [-0.25, -0.2) is 13.3 Å². The summed E-state index contributed by atoms with van der Waals surface area (Å²) >= 11 is 1.14. The number of aromatic amines is 1. The Morgan fingerprint density at radius 1 is 1.32 bits per heavy atom. The molecule has 142 valence electrons. The Labute approximate surface area is 162 Å². The van der Waals surface area contributed by atoms with Crippen LogP contribution >= 0.6 is 11.8 Å². The van der Waals surface area contributed by atoms with Gasteiger partial charge < -0.3 is 5.32 Å². The van der Waals surface area contributed by atoms with Crippen molar-refractivity contribution in [2.75, 3.05) is 11.6 Å². The zero-order valence-electron chi connectivity index (χ0n) is 14.8. The van der Waals surface area contributed by atoms with Crippen LogP contribution in [0.5, 0.6) is 0 Å². The maximum Gasteiger partial charge on any atom is 0.228 e. The molecule has 28 heavy (non-hydrogen) atoms. The molecule has 0 radical (unpaired) electrons. The van der Waals surface area contributed by atoms with E-state index in [9.17, 15) is 13.6 Å². The zero-order valence-corrected chi connectivity index (χ0v) is 15.6. The normalized spacial score (nSPS) is 14.1. The number of carbonyl (C=O) groups excluding carboxylic acids is 1. The molecule has 1 aliphatic carbocycles. The van der Waals surface area contributed by atoms with Gasteiger partial charge in [-0.1, -0.05) is 0 Å². The van der Waals surface area contributed by atoms with E-state index in [0.29, 0.717) is 22.3 Å². The standard InChI is InChI=1S/C19H15F2N5OS/c1-28-18-14(12-8-22-24-17(12)15(20)16(18)21)10-4-5-26-11(6-10)7-13(25-26)23-19(27)9-2-3-9/h4-9H,2-3H2,1H3,(H,22,24)(H,23,25,27). The summed E-state index contributed by atoms with van der Waals surface area (Å²) in [4.78, 5) is 12.2. The highest BCUT2D eigenvalue weighted by Crippen LogP contribution is 2.40. The lowest BCUT2D eigenvalue weighted by atomic mass is 10.0. The van der Waals surface area contributed by atoms with Crippen LogP contribution < -0.4 is 5.32 Å². The van der Waals surface area contributed by atoms with Crippen molar-refractivity contribution in [1.29, 1.82) is 0 Å². The van der Waals surface area contributed by atoms with Crippen LogP contribution in [0.1, 0.15) is 12.8 Å². The molecule has 1 amide bonds. The number of nitrogens with zero attached hydrogens (tertiary/aromatic N) is 3. The molecule has 1 aromatic carbocycles. The SMILES string of the molecule is CSc1c(F)c(F)c2[nH]ncc2c1-c1ccn2nc(NC(=O)C3CC3)cc2c1. The predicted molar refractivity (Wildman–Crippen MR) is 103 cm³/mol. The third kappa shape index (κ3) is 2.65. The molecular formula is C19H15F2N5OS. The number of thioether (sulfide) groups is 1. The smallest absolute Gasteiger partial charge is 0.228 e. The number of benzene rings is 1. The molecule has 0 unspecified atom stereocenters. The van der Waals surface area contributed by atoms with Gasteiger partial charge in [-0.15, -0.1) is 11.8 Å². The van der Waals surface area contributed by atoms with E-state index in [2.05, 4.69) is 20.6 Å². The molecule has 2 N–H and O–H groups in total. The van der Waals surface area contributed by atoms with E-state index in [1.807, 2.05) is 6.07 Å². The van der Waals surface area contributed by atoms with Gasteiger partial charge in [0, 0.05) is 29.1 Å². The van der Waals surface area contributed by atoms with E-state index < -0.39 is 11.6 Å². The van der Waals surface area contributed by atoms with Crippen LogP contribution in [0.3, 0.4) is 0 Å². The second-order valence-electron chi connectivity index (χ2n) is 6.77. The monoisotopic (exact) mass is 399 g/mol. The lowest BCUT2D eigenvalue weighted by molar-refractivity contribution is -0.117. The largest absolute Gasteiger partial charge is 0.309 e. The molecular weight excluding hydrogens is 384 g/mol. The Hall–Kier alpha value is -2.94. The zero-order chi connectivity index (χ0) is 19.4. The fraction of sp³-hybridized carbons (Fsp3) is 0.211. The fourth-order valence-electron chi connectivity index (χ4n) is 3.35. The van der Waals surface area contributed by atoms with E-state index >= 15 is 0 Å². The number of fused-ring (bicyclic) bond motifs is 2. The quantitative estimate of drug-likeness (QED) is 0.504. The molecule has 5 rings (SSSR count). The summed E-state index contributed by atoms with van der Waals surface area (Å²) < 4.78 is 30.5. The lowest BCUT2D eigenvalue weighted by Gasteiger charge is -2.12. The molecule has 0 saturated heterocycles. The molecule has 6 nitrogen and oxygen atoms in total. The third-order valence-corrected chi connectivity index (χ3v) is 5.69. The first-order valence-electron chi connectivity index (χ1n) is 8.75. The number of carbonyl (C=O) groups is 1. The van der Waals surface area contributed by atoms with Crippen LogP contribution in [-0.4, -0.2) is 32.0 Å². The predicted octanol–water partition coefficient (Wildman–Crippen LogP) is 4.23. The van der Waals surface area contributed by atoms with Gasteiger partial charge in [-0.3, -0.25) is 9.89 Å². The Balaban J connectivity index is 1.64. The number of anilines is 1. The number of nitrogens with one attached hydrogen (secondary N) is 2. The maximum atomic E-state index is 14.6. The molecule has 1 aliphatic rings. The van der Waals surface area contributed by atoms with Crippen molar-refractivity contribution in [3.05, 3.63) is 42.2 Å². The molecule has 3 aromatic heterocycles. The van der Waals surface area contributed by atoms with Crippen molar-refractivity contribution in [2.24, 2.45) is 5.92 Å². The first-order valence-corrected chi connectivity index (χ1v) is 9.98. The molecule has 3 heterocycles. The lowest BCUT2D eigenvalue weighted by Crippen LogP contribution is -2.13. The molecule has 0 aliphatic heterocycles. The maximum absolute atomic E-state index is 14.6. The minimum absolute atomic E-state index is 0.0194. The van der Waals surface area contributed by atoms with Gasteiger partial charge in [-0.05, 0) is 36.8 Å². The number of amides is 1. The van der Waals surface area contributed by atoms with Crippen molar-refractivity contribution in [1.82, 2.24) is 19.8 Å². The highest BCUT2D eigenvalue weighted by Gasteiger charge is 2.30. The average Bonchev–Trinajstić information content (AvgIpc) is 3.30. The summed E-state index contributed by atoms with van der Waals surface area (Å²) in [6.07, 6.45) is 6.76. The fourth-order valence-corrected chi connectivity index (χ4v) is 4.05. The minimum atomic E-state index is -0.934. The van der Waals surface area contributed by atoms with E-state index in [-0.39, 0.29) is 22.2 Å². The Morgan fingerprint density at radius 3 is 2.89 bits per heavy atom. The number of aromatic nitrogens is 4. The molecule has 1 fully saturated rings. The Bertz CT molecular complexity index is 1240. The summed E-state index contributed by atoms with van der Waals surface area (Å²) in [5.74, 6) is -1.30. The molecule has 0 bridgehead atoms. The number of hydrogen-bond donors (Lipinski definition) is 2. The van der Waals surface area contributed by atoms with Crippen LogP contribution in [-0.2, 0) is 4.79 Å². The van der Waals surface area contributed by atoms with E-state index in [1.54, 1.807) is 29.1 Å². The highest BCUT2D eigenvalue weighted by atomic mass is 32.2. The molecule has 0 spiro atoms. The summed E-state index contributed by atoms with van der Waals surface area (Å²) in [7, 11) is 0. The summed E-state index contributed by atoms with van der Waals surface area (Å²) in [5, 5.41) is 14.1. The Morgan fingerprint density at radius 2 is 2.14 bits per heavy atom. The van der Waals surface area contributed by atoms with Crippen molar-refractivity contribution >= 4 is 39.9 Å². The van der Waals surface area contributed by atoms with Crippen LogP contribution in [0.25, 0.3) is 27.5 Å². The first-order chi connectivity index (χ1) is 13.6. The molecule has 4 aromatic rings. The second kappa shape index (κ2) is 6.30. The summed E-state index contributed by atoms with van der Waals surface area (Å²) in [6, 6.07) is 5.37. The summed E-state index contributed by atoms with van der Waals surface area (Å²) in [5.41, 5.74) is 2.05. The van der Waals surface area contributed by atoms with E-state index in [1.165, 1.54) is 6.20 Å². The molecule has 1 saturated carbocycles. The van der Waals surface area contributed by atoms with Gasteiger partial charge >= 0.3 is 0 Å². The van der Waals surface area contributed by atoms with E-state index in [0.717, 1.165) is 30.1 Å². The van der Waals surface area contributed by atoms with Gasteiger partial charge in [-0.2, -0.15) is 10.2 Å². The van der Waals surface area contributed by atoms with Crippen LogP contribution in [0, 0.1) is 17.6 Å². The van der Waals surface area contributed by atoms with Crippen LogP contribution in [0.4, 0.5) is 14.6 Å². The van der Waals surface area contributed by atoms with E-state index in [4.69, 9.17) is 0 Å². The van der Waals surface area contributed by atoms with Crippen LogP contribution in [0.15, 0.2) is 35.5 Å². The number of halogens is 2. The number of hydrogen-bond acceptors (Lipinski definition) is 4. The van der Waals surface area contributed by atoms with Crippen LogP contribution in [0.2, 0.25) is 0 Å². The van der Waals surface area contributed by atoms with Crippen molar-refractivity contribution < 1.29 is 13.6 Å². The minimum Gasteiger partial charge on any atom is -0.309 e. The topological polar surface area (TPSA) is 75.1 Å². The molecule has 9 heteroatoms. The highest BCUT2D eigenvalue weighted by molar-refractivity contribution is 7.98. The van der Waals surface area contributed by atoms with Crippen molar-refractivity contribution in [2.45, 2.75) is 17.7 Å². The van der Waals surface area contributed by atoms with Crippen molar-refractivity contribution in [3.8, 4) is 11.1 Å². The third-order valence-electron chi connectivity index (χ3n) is 4.90. The second-order valence-corrected chi connectivity index (χ2v) is 7.59. The van der Waals surface area contributed by atoms with Gasteiger partial charge in [0.2, 0.25) is 5.91 Å². The van der Waals surface area contributed by atoms with Gasteiger partial charge in [0.1, 0.15) is 5.52 Å². The van der Waals surface area contributed by atoms with Gasteiger partial charge in [0.05, 0.1) is 16.6 Å². The number of rotatable bonds is 4. The van der Waals surface area contributed by atoms with Gasteiger partial charge in [0.15, 0.2) is 17.5 Å². The number of pyridine rings is 1. The Kier molecular flexibility index (Phi) is 3.87. The summed E-state index contributed by atoms with van der Waals surface area (Å²) in [6.45, 7) is 0. The van der Waals surface area contributed by atoms with Crippen molar-refractivity contribution in [3.63, 3.8) is 0 Å². The molecule has 0 atom stereocenters.